The van der Waals surface area contributed by atoms with Gasteiger partial charge in [0.05, 0.1) is 11.8 Å². The van der Waals surface area contributed by atoms with Gasteiger partial charge < -0.3 is 10.0 Å². The maximum absolute atomic E-state index is 13.6. The van der Waals surface area contributed by atoms with Gasteiger partial charge in [-0.05, 0) is 24.6 Å². The number of para-hydroxylation sites is 1. The highest BCUT2D eigenvalue weighted by atomic mass is 19.1. The van der Waals surface area contributed by atoms with Gasteiger partial charge in [-0.2, -0.15) is 0 Å². The van der Waals surface area contributed by atoms with Crippen LogP contribution >= 0.6 is 0 Å². The van der Waals surface area contributed by atoms with Gasteiger partial charge in [0.25, 0.3) is 0 Å². The van der Waals surface area contributed by atoms with E-state index in [0.717, 1.165) is 0 Å². The van der Waals surface area contributed by atoms with Crippen molar-refractivity contribution in [3.63, 3.8) is 0 Å². The van der Waals surface area contributed by atoms with E-state index in [1.807, 2.05) is 0 Å². The number of rotatable bonds is 5. The third kappa shape index (κ3) is 3.33. The summed E-state index contributed by atoms with van der Waals surface area (Å²) in [5.74, 6) is -0.732. The molecule has 0 aromatic heterocycles. The van der Waals surface area contributed by atoms with Crippen molar-refractivity contribution in [3.05, 3.63) is 65.7 Å². The van der Waals surface area contributed by atoms with E-state index in [9.17, 15) is 13.9 Å². The molecular weight excluding hydrogens is 260 g/mol. The molecule has 4 heteroatoms. The van der Waals surface area contributed by atoms with Gasteiger partial charge in [0, 0.05) is 19.2 Å². The van der Waals surface area contributed by atoms with Gasteiger partial charge in [-0.3, -0.25) is 0 Å². The van der Waals surface area contributed by atoms with Gasteiger partial charge in [-0.25, -0.2) is 8.78 Å². The van der Waals surface area contributed by atoms with Crippen molar-refractivity contribution in [2.45, 2.75) is 12.5 Å². The Morgan fingerprint density at radius 2 is 1.60 bits per heavy atom. The minimum atomic E-state index is -0.898. The van der Waals surface area contributed by atoms with Gasteiger partial charge in [0.2, 0.25) is 0 Å². The molecule has 20 heavy (non-hydrogen) atoms. The van der Waals surface area contributed by atoms with Gasteiger partial charge in [-0.1, -0.05) is 30.3 Å². The fraction of sp³-hybridized carbons (Fsp3) is 0.250. The second kappa shape index (κ2) is 6.48. The smallest absolute Gasteiger partial charge is 0.146 e. The average Bonchev–Trinajstić information content (AvgIpc) is 2.45. The van der Waals surface area contributed by atoms with Gasteiger partial charge in [0.15, 0.2) is 0 Å². The molecule has 2 aromatic carbocycles. The monoisotopic (exact) mass is 277 g/mol. The number of hydrogen-bond donors (Lipinski definition) is 1. The molecule has 2 nitrogen and oxygen atoms in total. The van der Waals surface area contributed by atoms with Crippen LogP contribution in [0.15, 0.2) is 48.5 Å². The summed E-state index contributed by atoms with van der Waals surface area (Å²) in [6.45, 7) is 0.427. The number of hydrogen-bond acceptors (Lipinski definition) is 2. The standard InChI is InChI=1S/C16H17F2NO/c1-19(15-9-5-4-8-14(15)18)11-10-16(20)12-6-2-3-7-13(12)17/h2-9,16,20H,10-11H2,1H3. The van der Waals surface area contributed by atoms with Crippen LogP contribution in [0.1, 0.15) is 18.1 Å². The fourth-order valence-electron chi connectivity index (χ4n) is 2.10. The van der Waals surface area contributed by atoms with Crippen LogP contribution in [0, 0.1) is 11.6 Å². The van der Waals surface area contributed by atoms with E-state index in [4.69, 9.17) is 0 Å². The molecule has 0 aliphatic heterocycles. The second-order valence-corrected chi connectivity index (χ2v) is 4.70. The molecule has 0 amide bonds. The van der Waals surface area contributed by atoms with Crippen molar-refractivity contribution >= 4 is 5.69 Å². The first-order valence-electron chi connectivity index (χ1n) is 6.47. The summed E-state index contributed by atoms with van der Waals surface area (Å²) in [6.07, 6.45) is -0.573. The Labute approximate surface area is 117 Å². The topological polar surface area (TPSA) is 23.5 Å². The molecule has 0 saturated heterocycles. The molecule has 2 rings (SSSR count). The van der Waals surface area contributed by atoms with E-state index in [-0.39, 0.29) is 11.4 Å². The Morgan fingerprint density at radius 1 is 1.00 bits per heavy atom. The van der Waals surface area contributed by atoms with E-state index < -0.39 is 11.9 Å². The van der Waals surface area contributed by atoms with Crippen LogP contribution in [0.25, 0.3) is 0 Å². The van der Waals surface area contributed by atoms with Crippen LogP contribution in [-0.4, -0.2) is 18.7 Å². The number of aliphatic hydroxyl groups is 1. The Hall–Kier alpha value is -1.94. The average molecular weight is 277 g/mol. The number of aliphatic hydroxyl groups excluding tert-OH is 1. The molecule has 0 aliphatic rings. The highest BCUT2D eigenvalue weighted by Gasteiger charge is 2.14. The molecule has 0 spiro atoms. The second-order valence-electron chi connectivity index (χ2n) is 4.70. The van der Waals surface area contributed by atoms with Crippen LogP contribution in [-0.2, 0) is 0 Å². The quantitative estimate of drug-likeness (QED) is 0.903. The maximum Gasteiger partial charge on any atom is 0.146 e. The summed E-state index contributed by atoms with van der Waals surface area (Å²) in [6, 6.07) is 12.6. The SMILES string of the molecule is CN(CCC(O)c1ccccc1F)c1ccccc1F. The first kappa shape index (κ1) is 14.5. The van der Waals surface area contributed by atoms with Crippen molar-refractivity contribution in [1.82, 2.24) is 0 Å². The molecule has 106 valence electrons. The van der Waals surface area contributed by atoms with Crippen LogP contribution in [0.5, 0.6) is 0 Å². The summed E-state index contributed by atoms with van der Waals surface area (Å²) < 4.78 is 27.1. The number of nitrogens with zero attached hydrogens (tertiary/aromatic N) is 1. The molecule has 0 bridgehead atoms. The highest BCUT2D eigenvalue weighted by Crippen LogP contribution is 2.22. The Morgan fingerprint density at radius 3 is 2.25 bits per heavy atom. The molecule has 1 atom stereocenters. The molecule has 1 N–H and O–H groups in total. The van der Waals surface area contributed by atoms with Crippen molar-refractivity contribution < 1.29 is 13.9 Å². The molecule has 2 aromatic rings. The fourth-order valence-corrected chi connectivity index (χ4v) is 2.10. The molecule has 0 fully saturated rings. The lowest BCUT2D eigenvalue weighted by Gasteiger charge is -2.21. The van der Waals surface area contributed by atoms with Crippen molar-refractivity contribution in [2.24, 2.45) is 0 Å². The molecule has 0 heterocycles. The van der Waals surface area contributed by atoms with E-state index in [0.29, 0.717) is 18.7 Å². The molecular formula is C16H17F2NO. The first-order chi connectivity index (χ1) is 9.59. The summed E-state index contributed by atoms with van der Waals surface area (Å²) in [4.78, 5) is 1.71. The lowest BCUT2D eigenvalue weighted by Crippen LogP contribution is -2.21. The first-order valence-corrected chi connectivity index (χ1v) is 6.47. The minimum Gasteiger partial charge on any atom is -0.388 e. The van der Waals surface area contributed by atoms with E-state index >= 15 is 0 Å². The number of halogens is 2. The summed E-state index contributed by atoms with van der Waals surface area (Å²) in [5.41, 5.74) is 0.739. The van der Waals surface area contributed by atoms with Crippen LogP contribution in [0.3, 0.4) is 0 Å². The zero-order valence-electron chi connectivity index (χ0n) is 11.3. The third-order valence-corrected chi connectivity index (χ3v) is 3.27. The zero-order chi connectivity index (χ0) is 14.5. The van der Waals surface area contributed by atoms with Crippen LogP contribution in [0.2, 0.25) is 0 Å². The van der Waals surface area contributed by atoms with Gasteiger partial charge >= 0.3 is 0 Å². The van der Waals surface area contributed by atoms with Crippen LogP contribution < -0.4 is 4.90 Å². The van der Waals surface area contributed by atoms with Crippen molar-refractivity contribution in [1.29, 1.82) is 0 Å². The number of anilines is 1. The predicted molar refractivity (Wildman–Crippen MR) is 75.6 cm³/mol. The van der Waals surface area contributed by atoms with Gasteiger partial charge in [0.1, 0.15) is 11.6 Å². The molecule has 0 aliphatic carbocycles. The summed E-state index contributed by atoms with van der Waals surface area (Å²) >= 11 is 0. The third-order valence-electron chi connectivity index (χ3n) is 3.27. The van der Waals surface area contributed by atoms with E-state index in [1.165, 1.54) is 12.1 Å². The maximum atomic E-state index is 13.6. The predicted octanol–water partition coefficient (Wildman–Crippen LogP) is 3.52. The van der Waals surface area contributed by atoms with Crippen molar-refractivity contribution in [3.8, 4) is 0 Å². The van der Waals surface area contributed by atoms with Gasteiger partial charge in [-0.15, -0.1) is 0 Å². The molecule has 0 saturated carbocycles. The Bertz CT molecular complexity index is 522. The zero-order valence-corrected chi connectivity index (χ0v) is 11.3. The van der Waals surface area contributed by atoms with Crippen LogP contribution in [0.4, 0.5) is 14.5 Å². The molecule has 1 unspecified atom stereocenters. The molecule has 0 radical (unpaired) electrons. The normalized spacial score (nSPS) is 12.2. The highest BCUT2D eigenvalue weighted by molar-refractivity contribution is 5.46. The Kier molecular flexibility index (Phi) is 4.69. The van der Waals surface area contributed by atoms with E-state index in [2.05, 4.69) is 0 Å². The summed E-state index contributed by atoms with van der Waals surface area (Å²) in [5, 5.41) is 10.0. The van der Waals surface area contributed by atoms with Crippen molar-refractivity contribution in [2.75, 3.05) is 18.5 Å². The Balaban J connectivity index is 1.99. The lowest BCUT2D eigenvalue weighted by molar-refractivity contribution is 0.165. The van der Waals surface area contributed by atoms with E-state index in [1.54, 1.807) is 48.3 Å². The summed E-state index contributed by atoms with van der Waals surface area (Å²) in [7, 11) is 1.74. The number of benzene rings is 2. The minimum absolute atomic E-state index is 0.273. The lowest BCUT2D eigenvalue weighted by atomic mass is 10.1. The largest absolute Gasteiger partial charge is 0.388 e.